The summed E-state index contributed by atoms with van der Waals surface area (Å²) in [7, 11) is 1.54. The van der Waals surface area contributed by atoms with Gasteiger partial charge >= 0.3 is 0 Å². The zero-order valence-electron chi connectivity index (χ0n) is 12.4. The molecule has 0 aliphatic carbocycles. The smallest absolute Gasteiger partial charge is 0.257 e. The molecular formula is C15H16ClFN2O3. The molecule has 2 rings (SSSR count). The molecule has 1 amide bonds. The number of rotatable bonds is 5. The number of aryl methyl sites for hydroxylation is 1. The van der Waals surface area contributed by atoms with E-state index in [1.807, 2.05) is 0 Å². The van der Waals surface area contributed by atoms with Crippen LogP contribution in [0.15, 0.2) is 22.7 Å². The number of carbonyl (C=O) groups is 1. The van der Waals surface area contributed by atoms with E-state index in [1.54, 1.807) is 13.8 Å². The molecule has 5 nitrogen and oxygen atoms in total. The lowest BCUT2D eigenvalue weighted by atomic mass is 10.0. The van der Waals surface area contributed by atoms with Crippen LogP contribution < -0.4 is 5.32 Å². The molecule has 0 aliphatic heterocycles. The van der Waals surface area contributed by atoms with Crippen LogP contribution in [0.1, 0.15) is 23.0 Å². The first-order valence-corrected chi connectivity index (χ1v) is 7.04. The van der Waals surface area contributed by atoms with E-state index in [0.29, 0.717) is 6.61 Å². The number of aromatic nitrogens is 1. The van der Waals surface area contributed by atoms with Crippen LogP contribution in [0.4, 0.5) is 4.39 Å². The highest BCUT2D eigenvalue weighted by molar-refractivity contribution is 6.33. The van der Waals surface area contributed by atoms with E-state index in [0.717, 1.165) is 0 Å². The molecule has 22 heavy (non-hydrogen) atoms. The van der Waals surface area contributed by atoms with Gasteiger partial charge in [0.05, 0.1) is 17.2 Å². The lowest BCUT2D eigenvalue weighted by Crippen LogP contribution is -2.36. The summed E-state index contributed by atoms with van der Waals surface area (Å²) in [5.41, 5.74) is 0.295. The Hall–Kier alpha value is -1.92. The lowest BCUT2D eigenvalue weighted by molar-refractivity contribution is 0.0904. The Balaban J connectivity index is 2.42. The van der Waals surface area contributed by atoms with Crippen molar-refractivity contribution >= 4 is 17.5 Å². The number of nitrogens with zero attached hydrogens (tertiary/aromatic N) is 1. The number of benzene rings is 1. The van der Waals surface area contributed by atoms with E-state index in [4.69, 9.17) is 20.9 Å². The maximum Gasteiger partial charge on any atom is 0.257 e. The van der Waals surface area contributed by atoms with Crippen LogP contribution in [0.25, 0.3) is 11.3 Å². The van der Waals surface area contributed by atoms with Crippen LogP contribution in [0, 0.1) is 12.7 Å². The van der Waals surface area contributed by atoms with E-state index in [9.17, 15) is 9.18 Å². The maximum absolute atomic E-state index is 14.1. The lowest BCUT2D eigenvalue weighted by Gasteiger charge is -2.13. The molecule has 0 fully saturated rings. The van der Waals surface area contributed by atoms with Gasteiger partial charge in [-0.15, -0.1) is 0 Å². The van der Waals surface area contributed by atoms with Crippen LogP contribution in [-0.4, -0.2) is 30.8 Å². The normalized spacial score (nSPS) is 12.2. The predicted molar refractivity (Wildman–Crippen MR) is 80.4 cm³/mol. The Kier molecular flexibility index (Phi) is 5.15. The van der Waals surface area contributed by atoms with Crippen molar-refractivity contribution in [2.24, 2.45) is 0 Å². The molecule has 0 aliphatic rings. The van der Waals surface area contributed by atoms with Crippen LogP contribution in [-0.2, 0) is 4.74 Å². The number of amides is 1. The average Bonchev–Trinajstić information content (AvgIpc) is 2.80. The van der Waals surface area contributed by atoms with Crippen molar-refractivity contribution in [3.8, 4) is 11.3 Å². The number of halogens is 2. The molecule has 0 unspecified atom stereocenters. The van der Waals surface area contributed by atoms with E-state index in [2.05, 4.69) is 10.5 Å². The highest BCUT2D eigenvalue weighted by Crippen LogP contribution is 2.33. The van der Waals surface area contributed by atoms with Crippen molar-refractivity contribution in [3.05, 3.63) is 40.4 Å². The number of methoxy groups -OCH3 is 1. The van der Waals surface area contributed by atoms with Crippen LogP contribution in [0.3, 0.4) is 0 Å². The average molecular weight is 327 g/mol. The van der Waals surface area contributed by atoms with E-state index in [-0.39, 0.29) is 33.6 Å². The molecule has 1 heterocycles. The van der Waals surface area contributed by atoms with Gasteiger partial charge in [0.15, 0.2) is 0 Å². The number of carbonyl (C=O) groups excluding carboxylic acids is 1. The minimum absolute atomic E-state index is 0.0468. The highest BCUT2D eigenvalue weighted by Gasteiger charge is 2.26. The molecule has 1 aromatic heterocycles. The topological polar surface area (TPSA) is 64.4 Å². The molecule has 2 aromatic rings. The Labute approximate surface area is 132 Å². The summed E-state index contributed by atoms with van der Waals surface area (Å²) >= 11 is 6.03. The van der Waals surface area contributed by atoms with Gasteiger partial charge in [-0.1, -0.05) is 22.8 Å². The second kappa shape index (κ2) is 6.89. The highest BCUT2D eigenvalue weighted by atomic mass is 35.5. The summed E-state index contributed by atoms with van der Waals surface area (Å²) in [6.07, 6.45) is 0. The fourth-order valence-corrected chi connectivity index (χ4v) is 2.37. The summed E-state index contributed by atoms with van der Waals surface area (Å²) in [6, 6.07) is 4.05. The van der Waals surface area contributed by atoms with Crippen molar-refractivity contribution in [2.75, 3.05) is 13.7 Å². The Morgan fingerprint density at radius 2 is 2.27 bits per heavy atom. The molecule has 0 saturated carbocycles. The molecule has 0 saturated heterocycles. The molecule has 1 aromatic carbocycles. The fraction of sp³-hybridized carbons (Fsp3) is 0.333. The monoisotopic (exact) mass is 326 g/mol. The molecule has 0 radical (unpaired) electrons. The van der Waals surface area contributed by atoms with Gasteiger partial charge in [0, 0.05) is 13.2 Å². The van der Waals surface area contributed by atoms with Crippen molar-refractivity contribution in [3.63, 3.8) is 0 Å². The molecule has 1 N–H and O–H groups in total. The van der Waals surface area contributed by atoms with Crippen molar-refractivity contribution in [2.45, 2.75) is 19.9 Å². The van der Waals surface area contributed by atoms with Gasteiger partial charge < -0.3 is 14.6 Å². The van der Waals surface area contributed by atoms with Crippen LogP contribution >= 0.6 is 11.6 Å². The minimum atomic E-state index is -0.570. The number of hydrogen-bond donors (Lipinski definition) is 1. The van der Waals surface area contributed by atoms with E-state index in [1.165, 1.54) is 25.3 Å². The maximum atomic E-state index is 14.1. The second-order valence-electron chi connectivity index (χ2n) is 4.89. The number of nitrogens with one attached hydrogen (secondary N) is 1. The van der Waals surface area contributed by atoms with Gasteiger partial charge in [-0.25, -0.2) is 4.39 Å². The quantitative estimate of drug-likeness (QED) is 0.916. The summed E-state index contributed by atoms with van der Waals surface area (Å²) in [4.78, 5) is 12.4. The summed E-state index contributed by atoms with van der Waals surface area (Å²) in [5.74, 6) is -0.700. The SMILES string of the molecule is COC[C@@H](C)NC(=O)c1c(-c2c(F)cccc2Cl)noc1C. The Morgan fingerprint density at radius 1 is 1.55 bits per heavy atom. The summed E-state index contributed by atoms with van der Waals surface area (Å²) < 4.78 is 24.1. The molecule has 1 atom stereocenters. The van der Waals surface area contributed by atoms with Gasteiger partial charge in [-0.2, -0.15) is 0 Å². The summed E-state index contributed by atoms with van der Waals surface area (Å²) in [6.45, 7) is 3.73. The van der Waals surface area contributed by atoms with Gasteiger partial charge in [0.1, 0.15) is 22.8 Å². The third kappa shape index (κ3) is 3.28. The van der Waals surface area contributed by atoms with Crippen LogP contribution in [0.2, 0.25) is 5.02 Å². The van der Waals surface area contributed by atoms with Crippen molar-refractivity contribution in [1.29, 1.82) is 0 Å². The minimum Gasteiger partial charge on any atom is -0.383 e. The first kappa shape index (κ1) is 16.5. The third-order valence-electron chi connectivity index (χ3n) is 3.08. The van der Waals surface area contributed by atoms with Crippen molar-refractivity contribution in [1.82, 2.24) is 10.5 Å². The van der Waals surface area contributed by atoms with Gasteiger partial charge in [0.2, 0.25) is 0 Å². The second-order valence-corrected chi connectivity index (χ2v) is 5.30. The first-order valence-electron chi connectivity index (χ1n) is 6.66. The predicted octanol–water partition coefficient (Wildman–Crippen LogP) is 3.21. The van der Waals surface area contributed by atoms with Gasteiger partial charge in [-0.3, -0.25) is 4.79 Å². The largest absolute Gasteiger partial charge is 0.383 e. The molecule has 118 valence electrons. The van der Waals surface area contributed by atoms with E-state index >= 15 is 0 Å². The molecule has 0 bridgehead atoms. The number of ether oxygens (including phenoxy) is 1. The molecule has 7 heteroatoms. The third-order valence-corrected chi connectivity index (χ3v) is 3.40. The zero-order chi connectivity index (χ0) is 16.3. The van der Waals surface area contributed by atoms with Gasteiger partial charge in [-0.05, 0) is 26.0 Å². The fourth-order valence-electron chi connectivity index (χ4n) is 2.12. The van der Waals surface area contributed by atoms with E-state index < -0.39 is 11.7 Å². The van der Waals surface area contributed by atoms with Crippen molar-refractivity contribution < 1.29 is 18.4 Å². The Morgan fingerprint density at radius 3 is 2.91 bits per heavy atom. The molecular weight excluding hydrogens is 311 g/mol. The molecule has 0 spiro atoms. The first-order chi connectivity index (χ1) is 10.5. The summed E-state index contributed by atoms with van der Waals surface area (Å²) in [5, 5.41) is 6.69. The zero-order valence-corrected chi connectivity index (χ0v) is 13.2. The standard InChI is InChI=1S/C15H16ClFN2O3/c1-8(7-21-3)18-15(20)12-9(2)22-19-14(12)13-10(16)5-4-6-11(13)17/h4-6,8H,7H2,1-3H3,(H,18,20)/t8-/m1/s1. The van der Waals surface area contributed by atoms with Gasteiger partial charge in [0.25, 0.3) is 5.91 Å². The number of hydrogen-bond acceptors (Lipinski definition) is 4. The Bertz CT molecular complexity index is 667. The van der Waals surface area contributed by atoms with Crippen LogP contribution in [0.5, 0.6) is 0 Å².